The van der Waals surface area contributed by atoms with Crippen molar-refractivity contribution in [2.45, 2.75) is 11.2 Å². The molecule has 20 heavy (non-hydrogen) atoms. The van der Waals surface area contributed by atoms with Gasteiger partial charge in [-0.3, -0.25) is 0 Å². The van der Waals surface area contributed by atoms with Crippen LogP contribution in [-0.4, -0.2) is 13.2 Å². The maximum absolute atomic E-state index is 13.8. The molecular formula is C16H14BrFO2. The number of fused-ring (bicyclic) bond motifs is 1. The number of benzene rings is 2. The summed E-state index contributed by atoms with van der Waals surface area (Å²) in [7, 11) is 0. The Hall–Kier alpha value is -1.55. The first-order valence-corrected chi connectivity index (χ1v) is 7.59. The third-order valence-electron chi connectivity index (χ3n) is 3.42. The lowest BCUT2D eigenvalue weighted by atomic mass is 10.0. The van der Waals surface area contributed by atoms with Gasteiger partial charge in [-0.2, -0.15) is 0 Å². The summed E-state index contributed by atoms with van der Waals surface area (Å²) in [6.45, 7) is 0.995. The van der Waals surface area contributed by atoms with Gasteiger partial charge in [0, 0.05) is 16.5 Å². The van der Waals surface area contributed by atoms with Gasteiger partial charge in [-0.15, -0.1) is 0 Å². The average Bonchev–Trinajstić information content (AvgIpc) is 2.89. The largest absolute Gasteiger partial charge is 0.493 e. The smallest absolute Gasteiger partial charge is 0.165 e. The van der Waals surface area contributed by atoms with E-state index in [0.29, 0.717) is 24.3 Å². The minimum Gasteiger partial charge on any atom is -0.493 e. The molecule has 1 heterocycles. The highest BCUT2D eigenvalue weighted by Crippen LogP contribution is 2.34. The number of hydrogen-bond acceptors (Lipinski definition) is 2. The molecule has 1 unspecified atom stereocenters. The SMILES string of the molecule is Fc1cccc(CBr)c1OCC1COc2ccccc21. The second kappa shape index (κ2) is 5.83. The molecule has 0 fully saturated rings. The Balaban J connectivity index is 1.75. The van der Waals surface area contributed by atoms with Crippen LogP contribution in [0.5, 0.6) is 11.5 Å². The van der Waals surface area contributed by atoms with Gasteiger partial charge < -0.3 is 9.47 Å². The molecule has 2 nitrogen and oxygen atoms in total. The van der Waals surface area contributed by atoms with Gasteiger partial charge in [-0.05, 0) is 12.1 Å². The quantitative estimate of drug-likeness (QED) is 0.776. The molecule has 0 N–H and O–H groups in total. The second-order valence-electron chi connectivity index (χ2n) is 4.72. The number of alkyl halides is 1. The summed E-state index contributed by atoms with van der Waals surface area (Å²) in [5.74, 6) is 1.05. The fourth-order valence-electron chi connectivity index (χ4n) is 2.37. The molecule has 104 valence electrons. The molecule has 0 spiro atoms. The van der Waals surface area contributed by atoms with Gasteiger partial charge in [0.1, 0.15) is 5.75 Å². The Morgan fingerprint density at radius 2 is 2.05 bits per heavy atom. The van der Waals surface area contributed by atoms with Crippen LogP contribution in [0.4, 0.5) is 4.39 Å². The molecule has 0 aromatic heterocycles. The Morgan fingerprint density at radius 3 is 2.90 bits per heavy atom. The average molecular weight is 337 g/mol. The third-order valence-corrected chi connectivity index (χ3v) is 4.02. The van der Waals surface area contributed by atoms with E-state index in [4.69, 9.17) is 9.47 Å². The number of ether oxygens (including phenoxy) is 2. The van der Waals surface area contributed by atoms with Crippen molar-refractivity contribution in [2.75, 3.05) is 13.2 Å². The van der Waals surface area contributed by atoms with E-state index < -0.39 is 0 Å². The predicted molar refractivity (Wildman–Crippen MR) is 79.2 cm³/mol. The van der Waals surface area contributed by atoms with Crippen LogP contribution >= 0.6 is 15.9 Å². The lowest BCUT2D eigenvalue weighted by molar-refractivity contribution is 0.240. The molecule has 4 heteroatoms. The minimum absolute atomic E-state index is 0.147. The standard InChI is InChI=1S/C16H14BrFO2/c17-8-11-4-3-6-14(18)16(11)20-10-12-9-19-15-7-2-1-5-13(12)15/h1-7,12H,8-10H2. The number of halogens is 2. The second-order valence-corrected chi connectivity index (χ2v) is 5.28. The summed E-state index contributed by atoms with van der Waals surface area (Å²) < 4.78 is 25.1. The van der Waals surface area contributed by atoms with E-state index in [2.05, 4.69) is 15.9 Å². The zero-order valence-electron chi connectivity index (χ0n) is 10.8. The first-order valence-electron chi connectivity index (χ1n) is 6.47. The fourth-order valence-corrected chi connectivity index (χ4v) is 2.81. The van der Waals surface area contributed by atoms with Gasteiger partial charge in [0.15, 0.2) is 11.6 Å². The summed E-state index contributed by atoms with van der Waals surface area (Å²) >= 11 is 3.35. The highest BCUT2D eigenvalue weighted by Gasteiger charge is 2.24. The van der Waals surface area contributed by atoms with Crippen molar-refractivity contribution in [1.82, 2.24) is 0 Å². The van der Waals surface area contributed by atoms with Crippen LogP contribution in [0.1, 0.15) is 17.0 Å². The number of rotatable bonds is 4. The van der Waals surface area contributed by atoms with Crippen molar-refractivity contribution in [3.05, 3.63) is 59.4 Å². The molecule has 0 amide bonds. The molecule has 0 aliphatic carbocycles. The van der Waals surface area contributed by atoms with Crippen LogP contribution in [0.3, 0.4) is 0 Å². The van der Waals surface area contributed by atoms with Gasteiger partial charge in [0.2, 0.25) is 0 Å². The maximum Gasteiger partial charge on any atom is 0.165 e. The monoisotopic (exact) mass is 336 g/mol. The third kappa shape index (κ3) is 2.52. The summed E-state index contributed by atoms with van der Waals surface area (Å²) in [5.41, 5.74) is 1.95. The molecule has 1 aliphatic heterocycles. The first-order chi connectivity index (χ1) is 9.79. The van der Waals surface area contributed by atoms with Gasteiger partial charge in [-0.25, -0.2) is 4.39 Å². The van der Waals surface area contributed by atoms with Crippen LogP contribution in [0.25, 0.3) is 0 Å². The normalized spacial score (nSPS) is 16.6. The lowest BCUT2D eigenvalue weighted by Gasteiger charge is -2.14. The zero-order valence-corrected chi connectivity index (χ0v) is 12.4. The van der Waals surface area contributed by atoms with E-state index in [9.17, 15) is 4.39 Å². The molecule has 0 bridgehead atoms. The van der Waals surface area contributed by atoms with Crippen LogP contribution in [0, 0.1) is 5.82 Å². The lowest BCUT2D eigenvalue weighted by Crippen LogP contribution is -2.13. The summed E-state index contributed by atoms with van der Waals surface area (Å²) in [6, 6.07) is 12.9. The maximum atomic E-state index is 13.8. The predicted octanol–water partition coefficient (Wildman–Crippen LogP) is 4.28. The van der Waals surface area contributed by atoms with E-state index >= 15 is 0 Å². The molecule has 2 aromatic rings. The highest BCUT2D eigenvalue weighted by molar-refractivity contribution is 9.08. The zero-order chi connectivity index (χ0) is 13.9. The first kappa shape index (κ1) is 13.4. The molecular weight excluding hydrogens is 323 g/mol. The van der Waals surface area contributed by atoms with Crippen molar-refractivity contribution >= 4 is 15.9 Å². The molecule has 3 rings (SSSR count). The number of para-hydroxylation sites is 2. The Kier molecular flexibility index (Phi) is 3.92. The van der Waals surface area contributed by atoms with Crippen molar-refractivity contribution in [1.29, 1.82) is 0 Å². The Bertz CT molecular complexity index is 615. The fraction of sp³-hybridized carbons (Fsp3) is 0.250. The summed E-state index contributed by atoms with van der Waals surface area (Å²) in [6.07, 6.45) is 0. The topological polar surface area (TPSA) is 18.5 Å². The van der Waals surface area contributed by atoms with E-state index in [1.165, 1.54) is 6.07 Å². The number of hydrogen-bond donors (Lipinski definition) is 0. The van der Waals surface area contributed by atoms with Crippen molar-refractivity contribution in [3.63, 3.8) is 0 Å². The molecule has 1 aliphatic rings. The summed E-state index contributed by atoms with van der Waals surface area (Å²) in [4.78, 5) is 0. The van der Waals surface area contributed by atoms with Crippen molar-refractivity contribution in [2.24, 2.45) is 0 Å². The Labute approximate surface area is 125 Å². The van der Waals surface area contributed by atoms with Gasteiger partial charge in [-0.1, -0.05) is 46.3 Å². The van der Waals surface area contributed by atoms with Crippen LogP contribution in [0.15, 0.2) is 42.5 Å². The molecule has 0 saturated heterocycles. The molecule has 1 atom stereocenters. The van der Waals surface area contributed by atoms with E-state index in [1.807, 2.05) is 30.3 Å². The molecule has 0 radical (unpaired) electrons. The van der Waals surface area contributed by atoms with Gasteiger partial charge >= 0.3 is 0 Å². The van der Waals surface area contributed by atoms with E-state index in [1.54, 1.807) is 6.07 Å². The van der Waals surface area contributed by atoms with Crippen LogP contribution < -0.4 is 9.47 Å². The van der Waals surface area contributed by atoms with E-state index in [-0.39, 0.29) is 11.7 Å². The molecule has 0 saturated carbocycles. The van der Waals surface area contributed by atoms with Crippen molar-refractivity contribution < 1.29 is 13.9 Å². The van der Waals surface area contributed by atoms with Crippen LogP contribution in [-0.2, 0) is 5.33 Å². The van der Waals surface area contributed by atoms with Gasteiger partial charge in [0.05, 0.1) is 19.1 Å². The van der Waals surface area contributed by atoms with Crippen LogP contribution in [0.2, 0.25) is 0 Å². The minimum atomic E-state index is -0.325. The Morgan fingerprint density at radius 1 is 1.20 bits per heavy atom. The summed E-state index contributed by atoms with van der Waals surface area (Å²) in [5, 5.41) is 0.567. The van der Waals surface area contributed by atoms with E-state index in [0.717, 1.165) is 16.9 Å². The van der Waals surface area contributed by atoms with Crippen molar-refractivity contribution in [3.8, 4) is 11.5 Å². The molecule has 2 aromatic carbocycles. The highest BCUT2D eigenvalue weighted by atomic mass is 79.9. The van der Waals surface area contributed by atoms with Gasteiger partial charge in [0.25, 0.3) is 0 Å².